The summed E-state index contributed by atoms with van der Waals surface area (Å²) >= 11 is 0. The number of benzene rings is 2. The van der Waals surface area contributed by atoms with Crippen molar-refractivity contribution >= 4 is 27.5 Å². The number of imide groups is 1. The third-order valence-electron chi connectivity index (χ3n) is 5.53. The maximum absolute atomic E-state index is 13.1. The molecule has 0 bridgehead atoms. The maximum Gasteiger partial charge on any atom is 0.501 e. The predicted molar refractivity (Wildman–Crippen MR) is 117 cm³/mol. The normalized spacial score (nSPS) is 16.9. The first-order chi connectivity index (χ1) is 16.0. The maximum atomic E-state index is 13.1. The summed E-state index contributed by atoms with van der Waals surface area (Å²) in [7, 11) is -5.54. The largest absolute Gasteiger partial charge is 0.501 e. The van der Waals surface area contributed by atoms with Gasteiger partial charge in [0.05, 0.1) is 10.6 Å². The molecule has 1 saturated heterocycles. The number of rotatable bonds is 5. The molecule has 4 rings (SSSR count). The van der Waals surface area contributed by atoms with Crippen LogP contribution in [-0.2, 0) is 21.2 Å². The van der Waals surface area contributed by atoms with Crippen molar-refractivity contribution in [3.8, 4) is 11.1 Å². The molecule has 34 heavy (non-hydrogen) atoms. The second-order valence-electron chi connectivity index (χ2n) is 7.60. The highest BCUT2D eigenvalue weighted by Crippen LogP contribution is 2.33. The van der Waals surface area contributed by atoms with E-state index in [9.17, 15) is 31.2 Å². The predicted octanol–water partition coefficient (Wildman–Crippen LogP) is 4.40. The number of urea groups is 1. The number of halogens is 3. The van der Waals surface area contributed by atoms with E-state index >= 15 is 0 Å². The molecule has 1 aliphatic rings. The van der Waals surface area contributed by atoms with Gasteiger partial charge in [0, 0.05) is 24.5 Å². The van der Waals surface area contributed by atoms with Gasteiger partial charge in [-0.1, -0.05) is 30.3 Å². The number of carbonyl (C=O) groups is 2. The zero-order chi connectivity index (χ0) is 24.7. The molecule has 2 heterocycles. The van der Waals surface area contributed by atoms with Gasteiger partial charge in [-0.05, 0) is 48.4 Å². The van der Waals surface area contributed by atoms with E-state index in [1.165, 1.54) is 4.90 Å². The lowest BCUT2D eigenvalue weighted by Gasteiger charge is -2.21. The number of amides is 3. The average Bonchev–Trinajstić information content (AvgIpc) is 3.02. The molecule has 1 aliphatic heterocycles. The molecule has 0 saturated carbocycles. The molecule has 1 aromatic heterocycles. The van der Waals surface area contributed by atoms with Crippen LogP contribution in [0.25, 0.3) is 11.1 Å². The molecule has 0 N–H and O–H groups in total. The Morgan fingerprint density at radius 2 is 1.62 bits per heavy atom. The van der Waals surface area contributed by atoms with Crippen LogP contribution >= 0.6 is 0 Å². The number of hydrogen-bond donors (Lipinski definition) is 0. The summed E-state index contributed by atoms with van der Waals surface area (Å²) in [5, 5.41) is 0. The van der Waals surface area contributed by atoms with E-state index in [1.807, 2.05) is 30.3 Å². The Labute approximate surface area is 193 Å². The van der Waals surface area contributed by atoms with Crippen LogP contribution in [0.1, 0.15) is 12.5 Å². The topological polar surface area (TPSA) is 87.7 Å². The third kappa shape index (κ3) is 4.03. The molecule has 1 fully saturated rings. The van der Waals surface area contributed by atoms with Crippen molar-refractivity contribution < 1.29 is 31.2 Å². The summed E-state index contributed by atoms with van der Waals surface area (Å²) in [4.78, 5) is 31.3. The second-order valence-corrected chi connectivity index (χ2v) is 9.54. The van der Waals surface area contributed by atoms with E-state index in [1.54, 1.807) is 25.4 Å². The summed E-state index contributed by atoms with van der Waals surface area (Å²) in [5.41, 5.74) is -3.06. The summed E-state index contributed by atoms with van der Waals surface area (Å²) in [6.07, 6.45) is 3.24. The number of nitrogens with zero attached hydrogens (tertiary/aromatic N) is 3. The monoisotopic (exact) mass is 489 g/mol. The fraction of sp³-hybridized carbons (Fsp3) is 0.174. The number of anilines is 1. The Hall–Kier alpha value is -3.73. The molecular weight excluding hydrogens is 471 g/mol. The fourth-order valence-electron chi connectivity index (χ4n) is 3.68. The van der Waals surface area contributed by atoms with Crippen molar-refractivity contribution in [1.29, 1.82) is 0 Å². The van der Waals surface area contributed by atoms with Crippen LogP contribution in [0.2, 0.25) is 0 Å². The Bertz CT molecular complexity index is 1340. The number of pyridine rings is 1. The van der Waals surface area contributed by atoms with Crippen LogP contribution in [-0.4, -0.2) is 41.8 Å². The van der Waals surface area contributed by atoms with Gasteiger partial charge in [0.1, 0.15) is 6.04 Å². The van der Waals surface area contributed by atoms with Crippen LogP contribution in [0, 0.1) is 0 Å². The number of hydrogen-bond acceptors (Lipinski definition) is 5. The molecule has 7 nitrogen and oxygen atoms in total. The molecular formula is C23H18F3N3O4S. The quantitative estimate of drug-likeness (QED) is 0.496. The van der Waals surface area contributed by atoms with Crippen LogP contribution in [0.3, 0.4) is 0 Å². The molecule has 3 aromatic rings. The lowest BCUT2D eigenvalue weighted by atomic mass is 10.0. The smallest absolute Gasteiger partial charge is 0.308 e. The first-order valence-electron chi connectivity index (χ1n) is 10.1. The summed E-state index contributed by atoms with van der Waals surface area (Å²) in [5.74, 6) is -0.577. The zero-order valence-electron chi connectivity index (χ0n) is 17.7. The van der Waals surface area contributed by atoms with Gasteiger partial charge in [-0.25, -0.2) is 18.1 Å². The molecule has 2 aromatic carbocycles. The first-order valence-corrected chi connectivity index (χ1v) is 11.5. The Balaban J connectivity index is 1.62. The zero-order valence-corrected chi connectivity index (χ0v) is 18.5. The van der Waals surface area contributed by atoms with Gasteiger partial charge in [-0.2, -0.15) is 13.2 Å². The van der Waals surface area contributed by atoms with Crippen molar-refractivity contribution in [3.05, 3.63) is 78.6 Å². The summed E-state index contributed by atoms with van der Waals surface area (Å²) < 4.78 is 61.5. The van der Waals surface area contributed by atoms with E-state index in [-0.39, 0.29) is 12.2 Å². The molecule has 0 aliphatic carbocycles. The molecule has 1 unspecified atom stereocenters. The number of alkyl halides is 3. The highest BCUT2D eigenvalue weighted by Gasteiger charge is 2.47. The van der Waals surface area contributed by atoms with Gasteiger partial charge in [-0.15, -0.1) is 0 Å². The summed E-state index contributed by atoms with van der Waals surface area (Å²) in [6, 6.07) is 13.1. The minimum absolute atomic E-state index is 0.0246. The SMILES string of the molecule is CC1C(=O)N(c2ccc(S(=O)(=O)C(F)(F)F)cc2)C(=O)N1Cc1ccncc1-c1ccccc1. The molecule has 11 heteroatoms. The Morgan fingerprint density at radius 3 is 2.24 bits per heavy atom. The number of sulfone groups is 1. The van der Waals surface area contributed by atoms with E-state index in [0.29, 0.717) is 0 Å². The van der Waals surface area contributed by atoms with Crippen molar-refractivity contribution in [2.24, 2.45) is 0 Å². The first kappa shape index (κ1) is 23.4. The minimum atomic E-state index is -5.54. The Morgan fingerprint density at radius 1 is 0.971 bits per heavy atom. The number of aromatic nitrogens is 1. The van der Waals surface area contributed by atoms with E-state index in [2.05, 4.69) is 4.98 Å². The molecule has 0 radical (unpaired) electrons. The fourth-order valence-corrected chi connectivity index (χ4v) is 4.44. The van der Waals surface area contributed by atoms with Gasteiger partial charge in [0.25, 0.3) is 15.7 Å². The highest BCUT2D eigenvalue weighted by molar-refractivity contribution is 7.92. The second kappa shape index (κ2) is 8.56. The summed E-state index contributed by atoms with van der Waals surface area (Å²) in [6.45, 7) is 1.64. The van der Waals surface area contributed by atoms with E-state index in [0.717, 1.165) is 45.9 Å². The van der Waals surface area contributed by atoms with Crippen LogP contribution < -0.4 is 4.90 Å². The molecule has 0 spiro atoms. The van der Waals surface area contributed by atoms with Gasteiger partial charge in [-0.3, -0.25) is 9.78 Å². The van der Waals surface area contributed by atoms with Gasteiger partial charge in [0.15, 0.2) is 0 Å². The highest BCUT2D eigenvalue weighted by atomic mass is 32.2. The third-order valence-corrected chi connectivity index (χ3v) is 7.03. The van der Waals surface area contributed by atoms with Crippen molar-refractivity contribution in [2.75, 3.05) is 4.90 Å². The van der Waals surface area contributed by atoms with Crippen LogP contribution in [0.5, 0.6) is 0 Å². The van der Waals surface area contributed by atoms with Gasteiger partial charge < -0.3 is 4.90 Å². The standard InChI is InChI=1S/C23H18F3N3O4S/c1-15-21(30)29(18-7-9-19(10-8-18)34(32,33)23(24,25)26)22(31)28(15)14-17-11-12-27-13-20(17)16-5-3-2-4-6-16/h2-13,15H,14H2,1H3. The van der Waals surface area contributed by atoms with E-state index in [4.69, 9.17) is 0 Å². The molecule has 1 atom stereocenters. The Kier molecular flexibility index (Phi) is 5.90. The number of carbonyl (C=O) groups excluding carboxylic acids is 2. The van der Waals surface area contributed by atoms with Gasteiger partial charge >= 0.3 is 11.5 Å². The van der Waals surface area contributed by atoms with Gasteiger partial charge in [0.2, 0.25) is 0 Å². The minimum Gasteiger partial charge on any atom is -0.308 e. The van der Waals surface area contributed by atoms with Crippen LogP contribution in [0.15, 0.2) is 78.0 Å². The molecule has 176 valence electrons. The molecule has 3 amide bonds. The lowest BCUT2D eigenvalue weighted by molar-refractivity contribution is -0.119. The van der Waals surface area contributed by atoms with Crippen molar-refractivity contribution in [1.82, 2.24) is 9.88 Å². The van der Waals surface area contributed by atoms with Crippen molar-refractivity contribution in [2.45, 2.75) is 29.9 Å². The average molecular weight is 489 g/mol. The lowest BCUT2D eigenvalue weighted by Crippen LogP contribution is -2.33. The van der Waals surface area contributed by atoms with Crippen molar-refractivity contribution in [3.63, 3.8) is 0 Å². The van der Waals surface area contributed by atoms with Crippen LogP contribution in [0.4, 0.5) is 23.7 Å². The van der Waals surface area contributed by atoms with E-state index < -0.39 is 38.2 Å².